The third-order valence-electron chi connectivity index (χ3n) is 11.8. The zero-order valence-corrected chi connectivity index (χ0v) is 33.9. The summed E-state index contributed by atoms with van der Waals surface area (Å²) in [6.07, 6.45) is -0.801. The van der Waals surface area contributed by atoms with Crippen LogP contribution in [0.2, 0.25) is 0 Å². The molecule has 294 valence electrons. The average Bonchev–Trinajstić information content (AvgIpc) is 3.78. The summed E-state index contributed by atoms with van der Waals surface area (Å²) in [6.45, 7) is 8.10. The zero-order valence-electron chi connectivity index (χ0n) is 33.9. The molecule has 10 aromatic rings. The third-order valence-corrected chi connectivity index (χ3v) is 11.8. The number of hydrogen-bond acceptors (Lipinski definition) is 4. The van der Waals surface area contributed by atoms with E-state index in [0.717, 1.165) is 65.9 Å². The zero-order chi connectivity index (χ0) is 41.1. The third kappa shape index (κ3) is 6.11. The Morgan fingerprint density at radius 1 is 0.383 bits per heavy atom. The summed E-state index contributed by atoms with van der Waals surface area (Å²) in [7, 11) is 0. The summed E-state index contributed by atoms with van der Waals surface area (Å²) in [6, 6.07) is 57.0. The smallest absolute Gasteiger partial charge is 0.147 e. The van der Waals surface area contributed by atoms with E-state index in [9.17, 15) is 10.2 Å². The van der Waals surface area contributed by atoms with Crippen molar-refractivity contribution in [3.63, 3.8) is 0 Å². The highest BCUT2D eigenvalue weighted by Gasteiger charge is 2.24. The van der Waals surface area contributed by atoms with Gasteiger partial charge in [-0.2, -0.15) is 0 Å². The summed E-state index contributed by atoms with van der Waals surface area (Å²) in [5, 5.41) is 28.8. The van der Waals surface area contributed by atoms with E-state index < -0.39 is 12.2 Å². The van der Waals surface area contributed by atoms with Gasteiger partial charge < -0.3 is 28.8 Å². The van der Waals surface area contributed by atoms with Crippen molar-refractivity contribution in [1.82, 2.24) is 9.13 Å². The predicted octanol–water partition coefficient (Wildman–Crippen LogP) is 13.5. The van der Waals surface area contributed by atoms with Crippen molar-refractivity contribution in [3.05, 3.63) is 181 Å². The SMILES string of the molecule is Cc1cc(-c2ccccc2OC(C)C(C)Oc2ccccc2-c2cc(C)cc(-n3c4ccccc4c4ccccc43)c2O)c(O)c(-n2c3ccccc3c3ccccc32)c1. The van der Waals surface area contributed by atoms with Gasteiger partial charge in [-0.3, -0.25) is 0 Å². The lowest BCUT2D eigenvalue weighted by Gasteiger charge is -2.26. The van der Waals surface area contributed by atoms with E-state index >= 15 is 0 Å². The Hall–Kier alpha value is -7.44. The van der Waals surface area contributed by atoms with Crippen molar-refractivity contribution in [2.45, 2.75) is 39.9 Å². The van der Waals surface area contributed by atoms with Gasteiger partial charge in [0.1, 0.15) is 35.2 Å². The number of benzene rings is 8. The minimum Gasteiger partial charge on any atom is -0.505 e. The Bertz CT molecular complexity index is 2940. The molecule has 10 rings (SSSR count). The maximum absolute atomic E-state index is 12.2. The number of ether oxygens (including phenoxy) is 2. The molecule has 0 spiro atoms. The molecule has 0 saturated carbocycles. The first-order chi connectivity index (χ1) is 29.3. The molecule has 0 aliphatic heterocycles. The molecule has 2 unspecified atom stereocenters. The highest BCUT2D eigenvalue weighted by atomic mass is 16.5. The van der Waals surface area contributed by atoms with E-state index in [1.807, 2.05) is 111 Å². The lowest BCUT2D eigenvalue weighted by Crippen LogP contribution is -2.31. The van der Waals surface area contributed by atoms with Crippen LogP contribution in [0, 0.1) is 13.8 Å². The number of para-hydroxylation sites is 6. The molecule has 2 atom stereocenters. The molecule has 0 saturated heterocycles. The van der Waals surface area contributed by atoms with Crippen LogP contribution in [0.1, 0.15) is 25.0 Å². The number of nitrogens with zero attached hydrogens (tertiary/aromatic N) is 2. The average molecular weight is 785 g/mol. The maximum Gasteiger partial charge on any atom is 0.147 e. The van der Waals surface area contributed by atoms with Crippen molar-refractivity contribution in [1.29, 1.82) is 0 Å². The van der Waals surface area contributed by atoms with E-state index in [1.54, 1.807) is 0 Å². The fourth-order valence-corrected chi connectivity index (χ4v) is 8.81. The first kappa shape index (κ1) is 36.9. The molecule has 2 aromatic heterocycles. The predicted molar refractivity (Wildman–Crippen MR) is 245 cm³/mol. The Kier molecular flexibility index (Phi) is 9.06. The van der Waals surface area contributed by atoms with Crippen LogP contribution < -0.4 is 9.47 Å². The molecular weight excluding hydrogens is 741 g/mol. The molecule has 8 aromatic carbocycles. The van der Waals surface area contributed by atoms with Crippen molar-refractivity contribution in [3.8, 4) is 56.6 Å². The Labute approximate surface area is 348 Å². The molecule has 60 heavy (non-hydrogen) atoms. The molecule has 6 nitrogen and oxygen atoms in total. The van der Waals surface area contributed by atoms with Crippen LogP contribution in [-0.2, 0) is 0 Å². The van der Waals surface area contributed by atoms with Gasteiger partial charge in [0.25, 0.3) is 0 Å². The first-order valence-electron chi connectivity index (χ1n) is 20.4. The lowest BCUT2D eigenvalue weighted by molar-refractivity contribution is 0.0787. The minimum absolute atomic E-state index is 0.173. The molecular formula is C54H44N2O4. The minimum atomic E-state index is -0.401. The van der Waals surface area contributed by atoms with Crippen molar-refractivity contribution < 1.29 is 19.7 Å². The van der Waals surface area contributed by atoms with Crippen LogP contribution in [0.15, 0.2) is 170 Å². The fourth-order valence-electron chi connectivity index (χ4n) is 8.81. The number of rotatable bonds is 9. The highest BCUT2D eigenvalue weighted by molar-refractivity contribution is 6.10. The molecule has 0 bridgehead atoms. The number of aromatic hydroxyl groups is 2. The molecule has 2 heterocycles. The summed E-state index contributed by atoms with van der Waals surface area (Å²) in [5.41, 5.74) is 10.5. The van der Waals surface area contributed by atoms with E-state index in [-0.39, 0.29) is 11.5 Å². The topological polar surface area (TPSA) is 68.8 Å². The number of aryl methyl sites for hydroxylation is 2. The fraction of sp³-hybridized carbons (Fsp3) is 0.111. The summed E-state index contributed by atoms with van der Waals surface area (Å²) < 4.78 is 17.8. The van der Waals surface area contributed by atoms with Gasteiger partial charge in [-0.05, 0) is 99.5 Å². The largest absolute Gasteiger partial charge is 0.505 e. The maximum atomic E-state index is 12.2. The van der Waals surface area contributed by atoms with Crippen LogP contribution in [0.4, 0.5) is 0 Å². The molecule has 2 N–H and O–H groups in total. The van der Waals surface area contributed by atoms with Crippen LogP contribution >= 0.6 is 0 Å². The Balaban J connectivity index is 0.980. The summed E-state index contributed by atoms with van der Waals surface area (Å²) in [5.74, 6) is 1.62. The Morgan fingerprint density at radius 2 is 0.683 bits per heavy atom. The van der Waals surface area contributed by atoms with E-state index in [0.29, 0.717) is 34.0 Å². The quantitative estimate of drug-likeness (QED) is 0.153. The monoisotopic (exact) mass is 784 g/mol. The van der Waals surface area contributed by atoms with Crippen molar-refractivity contribution in [2.75, 3.05) is 0 Å². The second kappa shape index (κ2) is 14.7. The first-order valence-corrected chi connectivity index (χ1v) is 20.4. The van der Waals surface area contributed by atoms with Gasteiger partial charge in [0.15, 0.2) is 0 Å². The normalized spacial score (nSPS) is 12.7. The second-order valence-corrected chi connectivity index (χ2v) is 15.7. The number of aromatic nitrogens is 2. The van der Waals surface area contributed by atoms with Gasteiger partial charge in [-0.25, -0.2) is 0 Å². The standard InChI is InChI=1S/C54H44N2O4/c1-33-29-43(53(57)49(31-33)55-45-23-11-5-17-37(45)38-18-6-12-24-46(38)55)41-21-9-15-27-51(41)59-35(3)36(4)60-52-28-16-10-22-42(52)44-30-34(2)32-50(54(44)58)56-47-25-13-7-19-39(47)40-20-8-14-26-48(40)56/h5-32,35-36,57-58H,1-4H3. The van der Waals surface area contributed by atoms with Gasteiger partial charge in [-0.1, -0.05) is 109 Å². The summed E-state index contributed by atoms with van der Waals surface area (Å²) >= 11 is 0. The number of fused-ring (bicyclic) bond motifs is 6. The van der Waals surface area contributed by atoms with Gasteiger partial charge in [0.05, 0.1) is 33.4 Å². The van der Waals surface area contributed by atoms with Crippen LogP contribution in [0.5, 0.6) is 23.0 Å². The van der Waals surface area contributed by atoms with Gasteiger partial charge in [-0.15, -0.1) is 0 Å². The van der Waals surface area contributed by atoms with Gasteiger partial charge >= 0.3 is 0 Å². The van der Waals surface area contributed by atoms with Crippen molar-refractivity contribution >= 4 is 43.6 Å². The number of hydrogen-bond donors (Lipinski definition) is 2. The van der Waals surface area contributed by atoms with Crippen LogP contribution in [0.3, 0.4) is 0 Å². The Morgan fingerprint density at radius 3 is 1.03 bits per heavy atom. The van der Waals surface area contributed by atoms with E-state index in [4.69, 9.17) is 9.47 Å². The molecule has 0 aliphatic carbocycles. The van der Waals surface area contributed by atoms with Crippen molar-refractivity contribution in [2.24, 2.45) is 0 Å². The van der Waals surface area contributed by atoms with Gasteiger partial charge in [0.2, 0.25) is 0 Å². The number of phenolic OH excluding ortho intramolecular Hbond substituents is 2. The molecule has 0 amide bonds. The molecule has 0 fully saturated rings. The molecule has 0 radical (unpaired) electrons. The van der Waals surface area contributed by atoms with E-state index in [1.165, 1.54) is 0 Å². The van der Waals surface area contributed by atoms with Crippen LogP contribution in [-0.4, -0.2) is 31.6 Å². The molecule has 0 aliphatic rings. The van der Waals surface area contributed by atoms with Crippen LogP contribution in [0.25, 0.3) is 77.2 Å². The summed E-state index contributed by atoms with van der Waals surface area (Å²) in [4.78, 5) is 0. The number of phenols is 2. The second-order valence-electron chi connectivity index (χ2n) is 15.7. The highest BCUT2D eigenvalue weighted by Crippen LogP contribution is 2.45. The van der Waals surface area contributed by atoms with Gasteiger partial charge in [0, 0.05) is 43.8 Å². The molecule has 6 heteroatoms. The lowest BCUT2D eigenvalue weighted by atomic mass is 9.99. The van der Waals surface area contributed by atoms with E-state index in [2.05, 4.69) is 95.8 Å².